The maximum atomic E-state index is 13.2. The largest absolute Gasteiger partial charge is 0.494 e. The van der Waals surface area contributed by atoms with E-state index in [4.69, 9.17) is 14.9 Å². The van der Waals surface area contributed by atoms with Crippen molar-refractivity contribution in [1.82, 2.24) is 15.3 Å². The Morgan fingerprint density at radius 3 is 2.53 bits per heavy atom. The molecule has 0 saturated heterocycles. The third kappa shape index (κ3) is 5.16. The fraction of sp³-hybridized carbons (Fsp3) is 0.240. The molecule has 2 aromatic heterocycles. The van der Waals surface area contributed by atoms with Crippen molar-refractivity contribution in [2.24, 2.45) is 5.73 Å². The zero-order valence-electron chi connectivity index (χ0n) is 19.2. The molecule has 1 amide bonds. The monoisotopic (exact) mass is 500 g/mol. The molecule has 0 saturated carbocycles. The summed E-state index contributed by atoms with van der Waals surface area (Å²) in [6, 6.07) is 13.8. The molecular formula is C25H23F3N4O4. The van der Waals surface area contributed by atoms with E-state index >= 15 is 0 Å². The number of aliphatic hydroxyl groups is 1. The molecule has 4 rings (SSSR count). The number of rotatable bonds is 8. The number of carbonyl (C=O) groups excluding carboxylic acids is 1. The van der Waals surface area contributed by atoms with Crippen molar-refractivity contribution in [2.75, 3.05) is 13.7 Å². The number of hydrogen-bond acceptors (Lipinski definition) is 7. The van der Waals surface area contributed by atoms with Crippen molar-refractivity contribution < 1.29 is 32.2 Å². The highest BCUT2D eigenvalue weighted by Gasteiger charge is 2.33. The Morgan fingerprint density at radius 2 is 1.89 bits per heavy atom. The SMILES string of the molecule is COc1ccc(-c2nc(C(=O)NC(CO)Cc3ccccc3)c(CN)o2)c2ccc(C(F)(F)F)nc12. The van der Waals surface area contributed by atoms with Gasteiger partial charge in [0.15, 0.2) is 11.5 Å². The van der Waals surface area contributed by atoms with Gasteiger partial charge in [-0.05, 0) is 36.2 Å². The molecule has 0 aliphatic rings. The molecule has 4 aromatic rings. The lowest BCUT2D eigenvalue weighted by molar-refractivity contribution is -0.140. The first kappa shape index (κ1) is 25.1. The maximum absolute atomic E-state index is 13.2. The number of hydrogen-bond donors (Lipinski definition) is 3. The number of nitrogens with two attached hydrogens (primary N) is 1. The summed E-state index contributed by atoms with van der Waals surface area (Å²) >= 11 is 0. The number of aliphatic hydroxyl groups excluding tert-OH is 1. The minimum absolute atomic E-state index is 0.0154. The summed E-state index contributed by atoms with van der Waals surface area (Å²) in [5, 5.41) is 12.8. The molecular weight excluding hydrogens is 477 g/mol. The first-order chi connectivity index (χ1) is 17.2. The Balaban J connectivity index is 1.69. The van der Waals surface area contributed by atoms with Crippen molar-refractivity contribution >= 4 is 16.8 Å². The number of carbonyl (C=O) groups is 1. The number of nitrogens with one attached hydrogen (secondary N) is 1. The second-order valence-electron chi connectivity index (χ2n) is 7.94. The average molecular weight is 500 g/mol. The highest BCUT2D eigenvalue weighted by molar-refractivity contribution is 5.98. The van der Waals surface area contributed by atoms with Gasteiger partial charge >= 0.3 is 6.18 Å². The molecule has 11 heteroatoms. The molecule has 0 radical (unpaired) electrons. The van der Waals surface area contributed by atoms with Crippen molar-refractivity contribution in [3.05, 3.63) is 77.3 Å². The molecule has 36 heavy (non-hydrogen) atoms. The molecule has 0 fully saturated rings. The Morgan fingerprint density at radius 1 is 1.14 bits per heavy atom. The number of benzene rings is 2. The topological polar surface area (TPSA) is 124 Å². The van der Waals surface area contributed by atoms with Crippen molar-refractivity contribution in [3.8, 4) is 17.2 Å². The number of pyridine rings is 1. The number of nitrogens with zero attached hydrogens (tertiary/aromatic N) is 2. The highest BCUT2D eigenvalue weighted by Crippen LogP contribution is 2.36. The number of oxazole rings is 1. The Kier molecular flexibility index (Phi) is 7.22. The van der Waals surface area contributed by atoms with Gasteiger partial charge in [-0.2, -0.15) is 13.2 Å². The first-order valence-electron chi connectivity index (χ1n) is 11.0. The Bertz CT molecular complexity index is 1370. The van der Waals surface area contributed by atoms with Crippen LogP contribution in [0.25, 0.3) is 22.4 Å². The maximum Gasteiger partial charge on any atom is 0.433 e. The van der Waals surface area contributed by atoms with Crippen LogP contribution >= 0.6 is 0 Å². The van der Waals surface area contributed by atoms with Gasteiger partial charge in [0.05, 0.1) is 26.3 Å². The standard InChI is InChI=1S/C25H23F3N4O4/c1-35-18-9-7-17(16-8-10-20(25(26,27)28)31-21(16)18)24-32-22(19(12-29)36-24)23(34)30-15(13-33)11-14-5-3-2-4-6-14/h2-10,15,33H,11-13,29H2,1H3,(H,30,34). The van der Waals surface area contributed by atoms with Gasteiger partial charge in [0.1, 0.15) is 17.0 Å². The summed E-state index contributed by atoms with van der Waals surface area (Å²) in [6.45, 7) is -0.456. The molecule has 0 aliphatic carbocycles. The molecule has 0 aliphatic heterocycles. The van der Waals surface area contributed by atoms with Crippen molar-refractivity contribution in [1.29, 1.82) is 0 Å². The third-order valence-corrected chi connectivity index (χ3v) is 5.54. The first-order valence-corrected chi connectivity index (χ1v) is 11.0. The lowest BCUT2D eigenvalue weighted by Crippen LogP contribution is -2.39. The van der Waals surface area contributed by atoms with E-state index in [1.54, 1.807) is 6.07 Å². The molecule has 1 atom stereocenters. The van der Waals surface area contributed by atoms with Gasteiger partial charge in [0.2, 0.25) is 5.89 Å². The second-order valence-corrected chi connectivity index (χ2v) is 7.94. The van der Waals surface area contributed by atoms with E-state index in [-0.39, 0.29) is 47.1 Å². The molecule has 0 spiro atoms. The zero-order chi connectivity index (χ0) is 25.9. The number of fused-ring (bicyclic) bond motifs is 1. The quantitative estimate of drug-likeness (QED) is 0.337. The van der Waals surface area contributed by atoms with Crippen LogP contribution in [-0.4, -0.2) is 40.7 Å². The summed E-state index contributed by atoms with van der Waals surface area (Å²) in [6.07, 6.45) is -4.25. The van der Waals surface area contributed by atoms with E-state index in [1.165, 1.54) is 19.2 Å². The summed E-state index contributed by atoms with van der Waals surface area (Å²) in [5.41, 5.74) is 5.81. The van der Waals surface area contributed by atoms with Crippen LogP contribution in [0.2, 0.25) is 0 Å². The Labute approximate surface area is 203 Å². The summed E-state index contributed by atoms with van der Waals surface area (Å²) in [4.78, 5) is 21.0. The fourth-order valence-electron chi connectivity index (χ4n) is 3.80. The van der Waals surface area contributed by atoms with E-state index < -0.39 is 23.8 Å². The fourth-order valence-corrected chi connectivity index (χ4v) is 3.80. The van der Waals surface area contributed by atoms with Gasteiger partial charge in [-0.1, -0.05) is 30.3 Å². The zero-order valence-corrected chi connectivity index (χ0v) is 19.2. The van der Waals surface area contributed by atoms with Crippen LogP contribution in [0.4, 0.5) is 13.2 Å². The summed E-state index contributed by atoms with van der Waals surface area (Å²) < 4.78 is 50.6. The molecule has 4 N–H and O–H groups in total. The predicted molar refractivity (Wildman–Crippen MR) is 125 cm³/mol. The third-order valence-electron chi connectivity index (χ3n) is 5.54. The van der Waals surface area contributed by atoms with Crippen LogP contribution in [0.3, 0.4) is 0 Å². The normalized spacial score (nSPS) is 12.5. The molecule has 1 unspecified atom stereocenters. The van der Waals surface area contributed by atoms with Crippen LogP contribution in [0.5, 0.6) is 5.75 Å². The number of amides is 1. The lowest BCUT2D eigenvalue weighted by Gasteiger charge is -2.15. The Hall–Kier alpha value is -3.96. The van der Waals surface area contributed by atoms with Crippen molar-refractivity contribution in [2.45, 2.75) is 25.2 Å². The van der Waals surface area contributed by atoms with Gasteiger partial charge in [0, 0.05) is 10.9 Å². The molecule has 2 heterocycles. The van der Waals surface area contributed by atoms with Crippen LogP contribution < -0.4 is 15.8 Å². The van der Waals surface area contributed by atoms with E-state index in [0.29, 0.717) is 12.0 Å². The number of halogens is 3. The predicted octanol–water partition coefficient (Wildman–Crippen LogP) is 3.71. The summed E-state index contributed by atoms with van der Waals surface area (Å²) in [7, 11) is 1.32. The smallest absolute Gasteiger partial charge is 0.433 e. The minimum atomic E-state index is -4.64. The minimum Gasteiger partial charge on any atom is -0.494 e. The van der Waals surface area contributed by atoms with Crippen LogP contribution in [0.15, 0.2) is 59.0 Å². The number of alkyl halides is 3. The van der Waals surface area contributed by atoms with Gasteiger partial charge in [-0.25, -0.2) is 9.97 Å². The molecule has 188 valence electrons. The van der Waals surface area contributed by atoms with Crippen LogP contribution in [0, 0.1) is 0 Å². The number of methoxy groups -OCH3 is 1. The molecule has 0 bridgehead atoms. The second kappa shape index (κ2) is 10.3. The van der Waals surface area contributed by atoms with Gasteiger partial charge in [-0.15, -0.1) is 0 Å². The van der Waals surface area contributed by atoms with Crippen molar-refractivity contribution in [3.63, 3.8) is 0 Å². The van der Waals surface area contributed by atoms with Gasteiger partial charge in [-0.3, -0.25) is 4.79 Å². The van der Waals surface area contributed by atoms with Crippen LogP contribution in [-0.2, 0) is 19.1 Å². The summed E-state index contributed by atoms with van der Waals surface area (Å²) in [5.74, 6) is -0.396. The molecule has 2 aromatic carbocycles. The van der Waals surface area contributed by atoms with E-state index in [2.05, 4.69) is 15.3 Å². The van der Waals surface area contributed by atoms with Gasteiger partial charge in [0.25, 0.3) is 5.91 Å². The lowest BCUT2D eigenvalue weighted by atomic mass is 10.1. The number of aromatic nitrogens is 2. The highest BCUT2D eigenvalue weighted by atomic mass is 19.4. The van der Waals surface area contributed by atoms with Gasteiger partial charge < -0.3 is 25.3 Å². The van der Waals surface area contributed by atoms with E-state index in [1.807, 2.05) is 30.3 Å². The van der Waals surface area contributed by atoms with E-state index in [0.717, 1.165) is 11.6 Å². The average Bonchev–Trinajstić information content (AvgIpc) is 3.31. The van der Waals surface area contributed by atoms with E-state index in [9.17, 15) is 23.1 Å². The van der Waals surface area contributed by atoms with Crippen LogP contribution in [0.1, 0.15) is 27.5 Å². The number of ether oxygens (including phenoxy) is 1. The molecule has 8 nitrogen and oxygen atoms in total.